The molecule has 5 heavy (non-hydrogen) atoms. The van der Waals surface area contributed by atoms with Crippen LogP contribution in [0.3, 0.4) is 0 Å². The number of hydrogen-bond donors (Lipinski definition) is 2. The van der Waals surface area contributed by atoms with Crippen LogP contribution in [0.5, 0.6) is 0 Å². The fourth-order valence-corrected chi connectivity index (χ4v) is 0.530. The van der Waals surface area contributed by atoms with E-state index < -0.39 is 0 Å². The van der Waals surface area contributed by atoms with Gasteiger partial charge in [0.05, 0.1) is 0 Å². The normalized spacial score (nSPS) is 13.2. The van der Waals surface area contributed by atoms with Crippen LogP contribution in [0.2, 0.25) is 0 Å². The maximum absolute atomic E-state index is 5.09. The third kappa shape index (κ3) is 4.78. The predicted octanol–water partition coefficient (Wildman–Crippen LogP) is 0.0483. The van der Waals surface area contributed by atoms with Gasteiger partial charge in [0.15, 0.2) is 0 Å². The van der Waals surface area contributed by atoms with Gasteiger partial charge in [-0.15, -0.1) is 0 Å². The zero-order valence-corrected chi connectivity index (χ0v) is 4.86. The van der Waals surface area contributed by atoms with Crippen molar-refractivity contribution < 1.29 is 0 Å². The average Bonchev–Trinajstić information content (AvgIpc) is 1.41. The van der Waals surface area contributed by atoms with Gasteiger partial charge in [-0.05, 0) is 0 Å². The van der Waals surface area contributed by atoms with Gasteiger partial charge in [0, 0.05) is 5.90 Å². The van der Waals surface area contributed by atoms with Gasteiger partial charge in [-0.3, -0.25) is 0 Å². The fraction of sp³-hybridized carbons (Fsp3) is 1.00. The number of rotatable bonds is 2. The van der Waals surface area contributed by atoms with Gasteiger partial charge in [0.2, 0.25) is 0 Å². The Morgan fingerprint density at radius 2 is 1.60 bits per heavy atom. The van der Waals surface area contributed by atoms with Crippen molar-refractivity contribution in [3.8, 4) is 0 Å². The highest BCUT2D eigenvalue weighted by molar-refractivity contribution is 7.53. The van der Waals surface area contributed by atoms with E-state index in [1.807, 2.05) is 0 Å². The largest absolute Gasteiger partial charge is 0.312 e. The molecule has 4 N–H and O–H groups in total. The van der Waals surface area contributed by atoms with Crippen LogP contribution in [0.4, 0.5) is 0 Å². The molecule has 0 aromatic heterocycles. The molecule has 0 bridgehead atoms. The molecule has 0 heterocycles. The van der Waals surface area contributed by atoms with Gasteiger partial charge in [-0.1, -0.05) is 17.5 Å². The molecule has 0 saturated carbocycles. The summed E-state index contributed by atoms with van der Waals surface area (Å²) in [5.41, 5.74) is 10.2. The van der Waals surface area contributed by atoms with Gasteiger partial charge in [-0.25, -0.2) is 0 Å². The van der Waals surface area contributed by atoms with Crippen LogP contribution in [-0.2, 0) is 0 Å². The van der Waals surface area contributed by atoms with Crippen LogP contribution in [-0.4, -0.2) is 5.90 Å². The summed E-state index contributed by atoms with van der Waals surface area (Å²) < 4.78 is 0. The molecule has 0 spiro atoms. The van der Waals surface area contributed by atoms with Crippen LogP contribution < -0.4 is 11.0 Å². The molecule has 0 saturated heterocycles. The average molecular weight is 110 g/mol. The lowest BCUT2D eigenvalue weighted by atomic mass is 11.9. The number of nitrogens with two attached hydrogens (primary N) is 2. The second kappa shape index (κ2) is 4.78. The van der Waals surface area contributed by atoms with Crippen LogP contribution in [0.25, 0.3) is 0 Å². The van der Waals surface area contributed by atoms with Crippen LogP contribution >= 0.6 is 17.5 Å². The minimum absolute atomic E-state index is 0.545. The highest BCUT2D eigenvalue weighted by atomic mass is 31.1. The quantitative estimate of drug-likeness (QED) is 0.493. The Balaban J connectivity index is 2.19. The molecule has 4 heteroatoms. The Kier molecular flexibility index (Phi) is 5.53. The lowest BCUT2D eigenvalue weighted by Gasteiger charge is -1.81. The zero-order chi connectivity index (χ0) is 4.12. The van der Waals surface area contributed by atoms with Gasteiger partial charge < -0.3 is 11.0 Å². The molecular formula is CH8N2P2. The van der Waals surface area contributed by atoms with E-state index in [0.29, 0.717) is 17.5 Å². The Labute approximate surface area is 35.4 Å². The monoisotopic (exact) mass is 110 g/mol. The molecule has 32 valence electrons. The molecule has 0 fully saturated rings. The van der Waals surface area contributed by atoms with E-state index in [0.717, 1.165) is 5.90 Å². The topological polar surface area (TPSA) is 52.0 Å². The highest BCUT2D eigenvalue weighted by Crippen LogP contribution is 2.07. The molecule has 2 nitrogen and oxygen atoms in total. The van der Waals surface area contributed by atoms with E-state index in [9.17, 15) is 0 Å². The SMILES string of the molecule is NPCPN. The Hall–Kier alpha value is 0.780. The minimum Gasteiger partial charge on any atom is -0.312 e. The first-order valence-corrected chi connectivity index (χ1v) is 3.85. The number of hydrogen-bond acceptors (Lipinski definition) is 2. The van der Waals surface area contributed by atoms with Crippen molar-refractivity contribution in [3.63, 3.8) is 0 Å². The Morgan fingerprint density at radius 3 is 1.60 bits per heavy atom. The Bertz CT molecular complexity index is 15.1. The van der Waals surface area contributed by atoms with Gasteiger partial charge in [0.1, 0.15) is 0 Å². The fourth-order valence-electron chi connectivity index (χ4n) is 0.0589. The third-order valence-corrected chi connectivity index (χ3v) is 1.84. The van der Waals surface area contributed by atoms with Crippen molar-refractivity contribution in [2.45, 2.75) is 0 Å². The summed E-state index contributed by atoms with van der Waals surface area (Å²) >= 11 is 0. The lowest BCUT2D eigenvalue weighted by molar-refractivity contribution is 1.89. The Morgan fingerprint density at radius 1 is 1.20 bits per heavy atom. The molecule has 0 aromatic carbocycles. The summed E-state index contributed by atoms with van der Waals surface area (Å²) in [6.45, 7) is 0. The lowest BCUT2D eigenvalue weighted by Crippen LogP contribution is -1.76. The standard InChI is InChI=1S/CH8N2P2/c2-4-1-5-3/h4-5H,1-3H2. The molecule has 2 unspecified atom stereocenters. The molecule has 0 aliphatic carbocycles. The molecule has 0 aliphatic rings. The van der Waals surface area contributed by atoms with Crippen LogP contribution in [0, 0.1) is 0 Å². The molecule has 0 rings (SSSR count). The molecule has 0 amide bonds. The zero-order valence-electron chi connectivity index (χ0n) is 2.86. The van der Waals surface area contributed by atoms with Crippen molar-refractivity contribution in [3.05, 3.63) is 0 Å². The smallest absolute Gasteiger partial charge is 0.00817 e. The van der Waals surface area contributed by atoms with Crippen molar-refractivity contribution >= 4 is 17.5 Å². The summed E-state index contributed by atoms with van der Waals surface area (Å²) in [5.74, 6) is 1.00. The second-order valence-corrected chi connectivity index (χ2v) is 2.82. The first-order valence-electron chi connectivity index (χ1n) is 1.28. The van der Waals surface area contributed by atoms with Gasteiger partial charge >= 0.3 is 0 Å². The van der Waals surface area contributed by atoms with Gasteiger partial charge in [-0.2, -0.15) is 0 Å². The first-order chi connectivity index (χ1) is 2.41. The van der Waals surface area contributed by atoms with Crippen molar-refractivity contribution in [2.75, 3.05) is 5.90 Å². The van der Waals surface area contributed by atoms with Crippen molar-refractivity contribution in [1.29, 1.82) is 0 Å². The van der Waals surface area contributed by atoms with Crippen molar-refractivity contribution in [2.24, 2.45) is 11.0 Å². The van der Waals surface area contributed by atoms with E-state index in [1.165, 1.54) is 0 Å². The summed E-state index contributed by atoms with van der Waals surface area (Å²) in [7, 11) is 1.09. The van der Waals surface area contributed by atoms with E-state index in [4.69, 9.17) is 11.0 Å². The molecule has 2 atom stereocenters. The summed E-state index contributed by atoms with van der Waals surface area (Å²) in [5, 5.41) is 0. The molecule has 0 aromatic rings. The molecule has 0 aliphatic heterocycles. The molecular weight excluding hydrogens is 102 g/mol. The molecule has 0 radical (unpaired) electrons. The first kappa shape index (κ1) is 5.78. The second-order valence-electron chi connectivity index (χ2n) is 0.585. The van der Waals surface area contributed by atoms with E-state index in [2.05, 4.69) is 0 Å². The summed E-state index contributed by atoms with van der Waals surface area (Å²) in [6.07, 6.45) is 0. The predicted molar refractivity (Wildman–Crippen MR) is 29.9 cm³/mol. The van der Waals surface area contributed by atoms with Crippen molar-refractivity contribution in [1.82, 2.24) is 0 Å². The maximum atomic E-state index is 5.09. The third-order valence-electron chi connectivity index (χ3n) is 0.204. The maximum Gasteiger partial charge on any atom is 0.00817 e. The van der Waals surface area contributed by atoms with E-state index in [1.54, 1.807) is 0 Å². The highest BCUT2D eigenvalue weighted by Gasteiger charge is 1.67. The van der Waals surface area contributed by atoms with Gasteiger partial charge in [0.25, 0.3) is 0 Å². The van der Waals surface area contributed by atoms with E-state index in [-0.39, 0.29) is 0 Å². The van der Waals surface area contributed by atoms with E-state index >= 15 is 0 Å². The summed E-state index contributed by atoms with van der Waals surface area (Å²) in [4.78, 5) is 0. The van der Waals surface area contributed by atoms with Crippen LogP contribution in [0.1, 0.15) is 0 Å². The minimum atomic E-state index is 0.545. The summed E-state index contributed by atoms with van der Waals surface area (Å²) in [6, 6.07) is 0. The van der Waals surface area contributed by atoms with Crippen LogP contribution in [0.15, 0.2) is 0 Å².